The van der Waals surface area contributed by atoms with Gasteiger partial charge in [-0.2, -0.15) is 0 Å². The molecule has 1 heterocycles. The summed E-state index contributed by atoms with van der Waals surface area (Å²) in [6, 6.07) is 6.79. The molecule has 1 N–H and O–H groups in total. The molecule has 0 saturated carbocycles. The van der Waals surface area contributed by atoms with Gasteiger partial charge in [0.25, 0.3) is 0 Å². The second-order valence-corrected chi connectivity index (χ2v) is 5.57. The molecule has 1 aliphatic rings. The molecule has 20 heavy (non-hydrogen) atoms. The third-order valence-electron chi connectivity index (χ3n) is 4.03. The monoisotopic (exact) mass is 296 g/mol. The van der Waals surface area contributed by atoms with Crippen molar-refractivity contribution in [3.8, 4) is 0 Å². The van der Waals surface area contributed by atoms with E-state index in [0.717, 1.165) is 25.1 Å². The number of benzene rings is 1. The maximum absolute atomic E-state index is 12.4. The van der Waals surface area contributed by atoms with Gasteiger partial charge in [-0.1, -0.05) is 23.8 Å². The molecular formula is C16H25ClN2O. The zero-order valence-corrected chi connectivity index (χ0v) is 13.4. The van der Waals surface area contributed by atoms with Gasteiger partial charge >= 0.3 is 0 Å². The quantitative estimate of drug-likeness (QED) is 0.929. The fraction of sp³-hybridized carbons (Fsp3) is 0.562. The van der Waals surface area contributed by atoms with Crippen LogP contribution in [0.15, 0.2) is 18.2 Å². The Balaban J connectivity index is 0.00000200. The summed E-state index contributed by atoms with van der Waals surface area (Å²) in [6.07, 6.45) is 2.80. The lowest BCUT2D eigenvalue weighted by Crippen LogP contribution is -2.47. The number of likely N-dealkylation sites (N-methyl/N-ethyl adjacent to an activating group) is 1. The van der Waals surface area contributed by atoms with E-state index in [2.05, 4.69) is 37.4 Å². The largest absolute Gasteiger partial charge is 0.341 e. The molecule has 1 saturated heterocycles. The molecule has 1 amide bonds. The Kier molecular flexibility index (Phi) is 6.50. The molecule has 1 aromatic rings. The molecule has 1 fully saturated rings. The molecule has 0 aromatic heterocycles. The molecule has 4 heteroatoms. The summed E-state index contributed by atoms with van der Waals surface area (Å²) >= 11 is 0. The average molecular weight is 297 g/mol. The van der Waals surface area contributed by atoms with Crippen molar-refractivity contribution in [2.45, 2.75) is 39.2 Å². The van der Waals surface area contributed by atoms with Gasteiger partial charge in [-0.3, -0.25) is 4.79 Å². The highest BCUT2D eigenvalue weighted by Crippen LogP contribution is 2.15. The maximum atomic E-state index is 12.4. The van der Waals surface area contributed by atoms with Crippen molar-refractivity contribution in [1.82, 2.24) is 10.2 Å². The minimum atomic E-state index is 0. The molecule has 0 radical (unpaired) electrons. The Hall–Kier alpha value is -1.06. The van der Waals surface area contributed by atoms with Crippen molar-refractivity contribution in [2.75, 3.05) is 20.1 Å². The highest BCUT2D eigenvalue weighted by atomic mass is 35.5. The van der Waals surface area contributed by atoms with Crippen molar-refractivity contribution in [1.29, 1.82) is 0 Å². The lowest BCUT2D eigenvalue weighted by molar-refractivity contribution is -0.131. The lowest BCUT2D eigenvalue weighted by atomic mass is 10.0. The van der Waals surface area contributed by atoms with Gasteiger partial charge in [0, 0.05) is 19.1 Å². The molecule has 1 aromatic carbocycles. The highest BCUT2D eigenvalue weighted by Gasteiger charge is 2.22. The fourth-order valence-electron chi connectivity index (χ4n) is 2.70. The number of carbonyl (C=O) groups excluding carboxylic acids is 1. The van der Waals surface area contributed by atoms with Gasteiger partial charge in [-0.05, 0) is 44.9 Å². The summed E-state index contributed by atoms with van der Waals surface area (Å²) in [4.78, 5) is 14.4. The van der Waals surface area contributed by atoms with E-state index < -0.39 is 0 Å². The normalized spacial score (nSPS) is 18.6. The van der Waals surface area contributed by atoms with Gasteiger partial charge < -0.3 is 10.2 Å². The van der Waals surface area contributed by atoms with Crippen LogP contribution < -0.4 is 5.32 Å². The zero-order chi connectivity index (χ0) is 13.8. The summed E-state index contributed by atoms with van der Waals surface area (Å²) in [5.41, 5.74) is 3.60. The Morgan fingerprint density at radius 1 is 1.40 bits per heavy atom. The SMILES string of the molecule is CNC1CCCN(C(=O)Cc2cc(C)ccc2C)C1.Cl. The van der Waals surface area contributed by atoms with Crippen molar-refractivity contribution in [3.63, 3.8) is 0 Å². The Morgan fingerprint density at radius 3 is 2.85 bits per heavy atom. The maximum Gasteiger partial charge on any atom is 0.227 e. The Bertz CT molecular complexity index is 462. The number of halogens is 1. The number of carbonyl (C=O) groups is 1. The van der Waals surface area contributed by atoms with Crippen LogP contribution in [-0.4, -0.2) is 37.0 Å². The summed E-state index contributed by atoms with van der Waals surface area (Å²) in [5.74, 6) is 0.258. The van der Waals surface area contributed by atoms with Crippen LogP contribution in [0, 0.1) is 13.8 Å². The van der Waals surface area contributed by atoms with Gasteiger partial charge in [0.1, 0.15) is 0 Å². The number of likely N-dealkylation sites (tertiary alicyclic amines) is 1. The summed E-state index contributed by atoms with van der Waals surface area (Å²) in [5, 5.41) is 3.28. The summed E-state index contributed by atoms with van der Waals surface area (Å²) in [6.45, 7) is 5.90. The molecule has 2 rings (SSSR count). The van der Waals surface area contributed by atoms with Crippen molar-refractivity contribution < 1.29 is 4.79 Å². The minimum Gasteiger partial charge on any atom is -0.341 e. The number of hydrogen-bond acceptors (Lipinski definition) is 2. The molecule has 3 nitrogen and oxygen atoms in total. The highest BCUT2D eigenvalue weighted by molar-refractivity contribution is 5.85. The topological polar surface area (TPSA) is 32.3 Å². The molecule has 1 atom stereocenters. The van der Waals surface area contributed by atoms with Gasteiger partial charge in [0.15, 0.2) is 0 Å². The standard InChI is InChI=1S/C16H24N2O.ClH/c1-12-6-7-13(2)14(9-12)10-16(19)18-8-4-5-15(11-18)17-3;/h6-7,9,15,17H,4-5,8,10-11H2,1-3H3;1H. The van der Waals surface area contributed by atoms with Crippen molar-refractivity contribution in [3.05, 3.63) is 34.9 Å². The second kappa shape index (κ2) is 7.65. The van der Waals surface area contributed by atoms with Gasteiger partial charge in [0.05, 0.1) is 6.42 Å². The average Bonchev–Trinajstić information content (AvgIpc) is 2.43. The first-order valence-corrected chi connectivity index (χ1v) is 7.11. The van der Waals surface area contributed by atoms with Crippen molar-refractivity contribution >= 4 is 18.3 Å². The lowest BCUT2D eigenvalue weighted by Gasteiger charge is -2.32. The van der Waals surface area contributed by atoms with E-state index in [1.807, 2.05) is 11.9 Å². The molecule has 112 valence electrons. The van der Waals surface area contributed by atoms with Gasteiger partial charge in [-0.15, -0.1) is 12.4 Å². The summed E-state index contributed by atoms with van der Waals surface area (Å²) in [7, 11) is 1.98. The second-order valence-electron chi connectivity index (χ2n) is 5.57. The first kappa shape index (κ1) is 17.0. The van der Waals surface area contributed by atoms with E-state index in [9.17, 15) is 4.79 Å². The molecule has 0 bridgehead atoms. The first-order valence-electron chi connectivity index (χ1n) is 7.11. The van der Waals surface area contributed by atoms with Crippen LogP contribution in [0.3, 0.4) is 0 Å². The molecule has 1 unspecified atom stereocenters. The fourth-order valence-corrected chi connectivity index (χ4v) is 2.70. The number of amides is 1. The van der Waals surface area contributed by atoms with E-state index in [-0.39, 0.29) is 18.3 Å². The van der Waals surface area contributed by atoms with Gasteiger partial charge in [0.2, 0.25) is 5.91 Å². The third kappa shape index (κ3) is 4.22. The third-order valence-corrected chi connectivity index (χ3v) is 4.03. The zero-order valence-electron chi connectivity index (χ0n) is 12.6. The molecule has 0 aliphatic carbocycles. The van der Waals surface area contributed by atoms with E-state index in [1.54, 1.807) is 0 Å². The molecule has 1 aliphatic heterocycles. The van der Waals surface area contributed by atoms with E-state index >= 15 is 0 Å². The minimum absolute atomic E-state index is 0. The summed E-state index contributed by atoms with van der Waals surface area (Å²) < 4.78 is 0. The Morgan fingerprint density at radius 2 is 2.15 bits per heavy atom. The first-order chi connectivity index (χ1) is 9.10. The van der Waals surface area contributed by atoms with Crippen LogP contribution in [0.1, 0.15) is 29.5 Å². The van der Waals surface area contributed by atoms with Crippen LogP contribution >= 0.6 is 12.4 Å². The van der Waals surface area contributed by atoms with Gasteiger partial charge in [-0.25, -0.2) is 0 Å². The van der Waals surface area contributed by atoms with E-state index in [1.165, 1.54) is 17.5 Å². The molecule has 0 spiro atoms. The Labute approximate surface area is 128 Å². The van der Waals surface area contributed by atoms with E-state index in [0.29, 0.717) is 12.5 Å². The predicted octanol–water partition coefficient (Wildman–Crippen LogP) is 2.48. The smallest absolute Gasteiger partial charge is 0.227 e. The molecular weight excluding hydrogens is 272 g/mol. The van der Waals surface area contributed by atoms with Crippen LogP contribution in [-0.2, 0) is 11.2 Å². The van der Waals surface area contributed by atoms with E-state index in [4.69, 9.17) is 0 Å². The number of nitrogens with zero attached hydrogens (tertiary/aromatic N) is 1. The van der Waals surface area contributed by atoms with Crippen LogP contribution in [0.5, 0.6) is 0 Å². The number of aryl methyl sites for hydroxylation is 2. The van der Waals surface area contributed by atoms with Crippen LogP contribution in [0.2, 0.25) is 0 Å². The number of nitrogens with one attached hydrogen (secondary N) is 1. The number of hydrogen-bond donors (Lipinski definition) is 1. The number of piperidine rings is 1. The number of rotatable bonds is 3. The predicted molar refractivity (Wildman–Crippen MR) is 85.5 cm³/mol. The van der Waals surface area contributed by atoms with Crippen molar-refractivity contribution in [2.24, 2.45) is 0 Å². The van der Waals surface area contributed by atoms with Crippen LogP contribution in [0.25, 0.3) is 0 Å². The van der Waals surface area contributed by atoms with Crippen LogP contribution in [0.4, 0.5) is 0 Å².